The van der Waals surface area contributed by atoms with Gasteiger partial charge in [-0.3, -0.25) is 4.79 Å². The Hall–Kier alpha value is -1.79. The second-order valence-electron chi connectivity index (χ2n) is 6.05. The molecular weight excluding hydrogens is 274 g/mol. The van der Waals surface area contributed by atoms with Crippen molar-refractivity contribution in [2.75, 3.05) is 13.1 Å². The lowest BCUT2D eigenvalue weighted by atomic mass is 9.75. The Kier molecular flexibility index (Phi) is 5.03. The van der Waals surface area contributed by atoms with Crippen molar-refractivity contribution in [1.29, 1.82) is 0 Å². The number of aliphatic carboxylic acids is 1. The molecule has 3 atom stereocenters. The van der Waals surface area contributed by atoms with Gasteiger partial charge in [0.25, 0.3) is 0 Å². The summed E-state index contributed by atoms with van der Waals surface area (Å²) < 4.78 is 0. The number of rotatable bonds is 4. The Bertz CT molecular complexity index is 426. The Morgan fingerprint density at radius 3 is 2.48 bits per heavy atom. The normalized spacial score (nSPS) is 26.6. The number of carboxylic acids is 1. The molecule has 4 N–H and O–H groups in total. The number of likely N-dealkylation sites (tertiary alicyclic amines) is 1. The molecule has 0 radical (unpaired) electrons. The fraction of sp³-hybridized carbons (Fsp3) is 0.786. The molecule has 0 aromatic heterocycles. The minimum absolute atomic E-state index is 0.388. The van der Waals surface area contributed by atoms with Crippen LogP contribution in [0.5, 0.6) is 0 Å². The molecular formula is C14H23N3O4. The summed E-state index contributed by atoms with van der Waals surface area (Å²) in [6.45, 7) is 1.33. The Labute approximate surface area is 123 Å². The van der Waals surface area contributed by atoms with Crippen LogP contribution in [0.3, 0.4) is 0 Å². The smallest absolute Gasteiger partial charge is 0.326 e. The highest BCUT2D eigenvalue weighted by Crippen LogP contribution is 2.35. The quantitative estimate of drug-likeness (QED) is 0.702. The van der Waals surface area contributed by atoms with Crippen molar-refractivity contribution in [1.82, 2.24) is 10.2 Å². The van der Waals surface area contributed by atoms with Gasteiger partial charge < -0.3 is 21.1 Å². The van der Waals surface area contributed by atoms with E-state index < -0.39 is 23.9 Å². The molecule has 2 aliphatic rings. The van der Waals surface area contributed by atoms with E-state index in [9.17, 15) is 14.4 Å². The number of primary amides is 1. The van der Waals surface area contributed by atoms with Crippen molar-refractivity contribution < 1.29 is 19.5 Å². The molecule has 7 nitrogen and oxygen atoms in total. The number of fused-ring (bicyclic) bond motifs is 1. The van der Waals surface area contributed by atoms with Crippen molar-refractivity contribution in [3.8, 4) is 0 Å². The topological polar surface area (TPSA) is 113 Å². The third-order valence-electron chi connectivity index (χ3n) is 4.58. The zero-order chi connectivity index (χ0) is 15.4. The molecule has 1 heterocycles. The largest absolute Gasteiger partial charge is 0.480 e. The minimum atomic E-state index is -1.25. The lowest BCUT2D eigenvalue weighted by Crippen LogP contribution is -2.53. The summed E-state index contributed by atoms with van der Waals surface area (Å²) in [5.41, 5.74) is 5.01. The van der Waals surface area contributed by atoms with Crippen LogP contribution >= 0.6 is 0 Å². The van der Waals surface area contributed by atoms with Crippen LogP contribution in [0.25, 0.3) is 0 Å². The lowest BCUT2D eigenvalue weighted by molar-refractivity contribution is -0.141. The number of carboxylic acid groups (broad SMARTS) is 1. The first-order valence-electron chi connectivity index (χ1n) is 7.54. The molecule has 3 unspecified atom stereocenters. The monoisotopic (exact) mass is 297 g/mol. The van der Waals surface area contributed by atoms with Gasteiger partial charge in [0.2, 0.25) is 5.91 Å². The van der Waals surface area contributed by atoms with Crippen LogP contribution in [0.1, 0.15) is 38.5 Å². The number of nitrogens with two attached hydrogens (primary N) is 1. The first-order chi connectivity index (χ1) is 9.97. The summed E-state index contributed by atoms with van der Waals surface area (Å²) in [5.74, 6) is -0.759. The number of amides is 3. The molecule has 1 aliphatic carbocycles. The maximum atomic E-state index is 12.2. The number of carbonyl (C=O) groups excluding carboxylic acids is 2. The number of urea groups is 1. The van der Waals surface area contributed by atoms with E-state index in [1.807, 2.05) is 0 Å². The van der Waals surface area contributed by atoms with Crippen LogP contribution < -0.4 is 11.1 Å². The minimum Gasteiger partial charge on any atom is -0.480 e. The van der Waals surface area contributed by atoms with Gasteiger partial charge in [0.15, 0.2) is 0 Å². The Morgan fingerprint density at radius 2 is 1.86 bits per heavy atom. The van der Waals surface area contributed by atoms with E-state index in [-0.39, 0.29) is 6.42 Å². The predicted octanol–water partition coefficient (Wildman–Crippen LogP) is 0.537. The van der Waals surface area contributed by atoms with E-state index in [0.29, 0.717) is 24.9 Å². The number of carbonyl (C=O) groups is 3. The fourth-order valence-corrected chi connectivity index (χ4v) is 3.43. The maximum absolute atomic E-state index is 12.2. The van der Waals surface area contributed by atoms with Crippen molar-refractivity contribution in [3.63, 3.8) is 0 Å². The number of hydrogen-bond donors (Lipinski definition) is 3. The third-order valence-corrected chi connectivity index (χ3v) is 4.58. The molecule has 7 heteroatoms. The number of nitrogens with zero attached hydrogens (tertiary/aromatic N) is 1. The summed E-state index contributed by atoms with van der Waals surface area (Å²) >= 11 is 0. The molecule has 118 valence electrons. The van der Waals surface area contributed by atoms with Crippen LogP contribution in [-0.2, 0) is 9.59 Å². The van der Waals surface area contributed by atoms with Crippen LogP contribution in [0, 0.1) is 11.8 Å². The Morgan fingerprint density at radius 1 is 1.19 bits per heavy atom. The van der Waals surface area contributed by atoms with Crippen molar-refractivity contribution in [2.45, 2.75) is 44.6 Å². The number of nitrogens with one attached hydrogen (secondary N) is 1. The molecule has 0 bridgehead atoms. The average Bonchev–Trinajstić information content (AvgIpc) is 2.45. The van der Waals surface area contributed by atoms with Gasteiger partial charge in [-0.1, -0.05) is 19.3 Å². The highest BCUT2D eigenvalue weighted by molar-refractivity contribution is 5.87. The zero-order valence-corrected chi connectivity index (χ0v) is 12.1. The van der Waals surface area contributed by atoms with Crippen molar-refractivity contribution >= 4 is 17.9 Å². The lowest BCUT2D eigenvalue weighted by Gasteiger charge is -2.41. The summed E-state index contributed by atoms with van der Waals surface area (Å²) in [6.07, 6.45) is 5.44. The van der Waals surface area contributed by atoms with Crippen LogP contribution in [-0.4, -0.2) is 47.0 Å². The van der Waals surface area contributed by atoms with Gasteiger partial charge in [-0.15, -0.1) is 0 Å². The second-order valence-corrected chi connectivity index (χ2v) is 6.05. The molecule has 2 fully saturated rings. The van der Waals surface area contributed by atoms with E-state index in [1.54, 1.807) is 4.90 Å². The molecule has 2 rings (SSSR count). The van der Waals surface area contributed by atoms with Gasteiger partial charge >= 0.3 is 12.0 Å². The molecule has 21 heavy (non-hydrogen) atoms. The predicted molar refractivity (Wildman–Crippen MR) is 75.4 cm³/mol. The van der Waals surface area contributed by atoms with E-state index in [1.165, 1.54) is 19.3 Å². The molecule has 3 amide bonds. The second kappa shape index (κ2) is 6.78. The van der Waals surface area contributed by atoms with Gasteiger partial charge in [-0.2, -0.15) is 0 Å². The number of piperidine rings is 1. The maximum Gasteiger partial charge on any atom is 0.326 e. The molecule has 0 aromatic carbocycles. The van der Waals surface area contributed by atoms with E-state index in [4.69, 9.17) is 10.8 Å². The van der Waals surface area contributed by atoms with Gasteiger partial charge in [-0.25, -0.2) is 9.59 Å². The van der Waals surface area contributed by atoms with Crippen LogP contribution in [0.2, 0.25) is 0 Å². The van der Waals surface area contributed by atoms with Gasteiger partial charge in [0, 0.05) is 13.1 Å². The van der Waals surface area contributed by atoms with Crippen LogP contribution in [0.4, 0.5) is 4.79 Å². The third kappa shape index (κ3) is 4.09. The van der Waals surface area contributed by atoms with Crippen molar-refractivity contribution in [2.24, 2.45) is 17.6 Å². The zero-order valence-electron chi connectivity index (χ0n) is 12.1. The van der Waals surface area contributed by atoms with Gasteiger partial charge in [0.05, 0.1) is 6.42 Å². The summed E-state index contributed by atoms with van der Waals surface area (Å²) in [6, 6.07) is -1.66. The van der Waals surface area contributed by atoms with E-state index in [0.717, 1.165) is 12.8 Å². The van der Waals surface area contributed by atoms with Crippen molar-refractivity contribution in [3.05, 3.63) is 0 Å². The SMILES string of the molecule is NC(=O)CC(NC(=O)N1CCC2CCCCC2C1)C(=O)O. The van der Waals surface area contributed by atoms with E-state index in [2.05, 4.69) is 5.32 Å². The molecule has 1 saturated carbocycles. The average molecular weight is 297 g/mol. The summed E-state index contributed by atoms with van der Waals surface area (Å²) in [4.78, 5) is 35.7. The van der Waals surface area contributed by atoms with E-state index >= 15 is 0 Å². The van der Waals surface area contributed by atoms with Crippen LogP contribution in [0.15, 0.2) is 0 Å². The number of hydrogen-bond acceptors (Lipinski definition) is 3. The summed E-state index contributed by atoms with van der Waals surface area (Å²) in [7, 11) is 0. The highest BCUT2D eigenvalue weighted by Gasteiger charge is 2.34. The first kappa shape index (κ1) is 15.6. The first-order valence-corrected chi connectivity index (χ1v) is 7.54. The molecule has 0 spiro atoms. The van der Waals surface area contributed by atoms with Gasteiger partial charge in [-0.05, 0) is 24.7 Å². The summed E-state index contributed by atoms with van der Waals surface area (Å²) in [5, 5.41) is 11.4. The molecule has 1 aliphatic heterocycles. The molecule has 0 aromatic rings. The standard InChI is InChI=1S/C14H23N3O4/c15-12(18)7-11(13(19)20)16-14(21)17-6-5-9-3-1-2-4-10(9)8-17/h9-11H,1-8H2,(H2,15,18)(H,16,21)(H,19,20). The fourth-order valence-electron chi connectivity index (χ4n) is 3.43. The molecule has 1 saturated heterocycles. The van der Waals surface area contributed by atoms with Gasteiger partial charge in [0.1, 0.15) is 6.04 Å². The highest BCUT2D eigenvalue weighted by atomic mass is 16.4. The Balaban J connectivity index is 1.90.